The first kappa shape index (κ1) is 26.1. The van der Waals surface area contributed by atoms with Crippen molar-refractivity contribution < 1.29 is 41.0 Å². The van der Waals surface area contributed by atoms with Gasteiger partial charge in [-0.1, -0.05) is 12.1 Å². The van der Waals surface area contributed by atoms with Gasteiger partial charge in [-0.15, -0.1) is 0 Å². The van der Waals surface area contributed by atoms with Crippen molar-refractivity contribution in [3.8, 4) is 0 Å². The van der Waals surface area contributed by atoms with Crippen LogP contribution in [0.25, 0.3) is 0 Å². The standard InChI is InChI=1S/C19H15F3N4O.C2HF3O2/c1-12-5-6-13(9-16(12)26-17-11-23-7-8-24-17)18(27)25-15-4-2-3-14(10-15)19(20,21)22;3-2(4,5)1(6)7/h2-11H,1H3,(H,24,26)(H,25,27);(H,6,7). The highest BCUT2D eigenvalue weighted by Crippen LogP contribution is 2.31. The molecule has 7 nitrogen and oxygen atoms in total. The fourth-order valence-corrected chi connectivity index (χ4v) is 2.38. The molecule has 0 saturated carbocycles. The fourth-order valence-electron chi connectivity index (χ4n) is 2.38. The Morgan fingerprint density at radius 1 is 0.971 bits per heavy atom. The minimum Gasteiger partial charge on any atom is -0.475 e. The molecule has 0 bridgehead atoms. The van der Waals surface area contributed by atoms with Crippen LogP contribution in [0.2, 0.25) is 0 Å². The number of nitrogens with zero attached hydrogens (tertiary/aromatic N) is 2. The smallest absolute Gasteiger partial charge is 0.475 e. The molecule has 34 heavy (non-hydrogen) atoms. The second-order valence-corrected chi connectivity index (χ2v) is 6.58. The SMILES string of the molecule is Cc1ccc(C(=O)Nc2cccc(C(F)(F)F)c2)cc1Nc1cnccn1.O=C(O)C(F)(F)F. The van der Waals surface area contributed by atoms with Gasteiger partial charge < -0.3 is 15.7 Å². The van der Waals surface area contributed by atoms with Gasteiger partial charge in [0.15, 0.2) is 0 Å². The maximum absolute atomic E-state index is 12.8. The van der Waals surface area contributed by atoms with Gasteiger partial charge in [-0.05, 0) is 42.8 Å². The van der Waals surface area contributed by atoms with Crippen LogP contribution in [0.1, 0.15) is 21.5 Å². The van der Waals surface area contributed by atoms with Crippen molar-refractivity contribution >= 4 is 29.1 Å². The number of carbonyl (C=O) groups excluding carboxylic acids is 1. The molecule has 3 N–H and O–H groups in total. The van der Waals surface area contributed by atoms with Gasteiger partial charge >= 0.3 is 18.3 Å². The summed E-state index contributed by atoms with van der Waals surface area (Å²) >= 11 is 0. The molecule has 0 spiro atoms. The number of anilines is 3. The third kappa shape index (κ3) is 7.76. The summed E-state index contributed by atoms with van der Waals surface area (Å²) in [7, 11) is 0. The predicted molar refractivity (Wildman–Crippen MR) is 110 cm³/mol. The van der Waals surface area contributed by atoms with Crippen molar-refractivity contribution in [1.29, 1.82) is 0 Å². The Morgan fingerprint density at radius 2 is 1.65 bits per heavy atom. The zero-order chi connectivity index (χ0) is 25.5. The van der Waals surface area contributed by atoms with E-state index in [0.717, 1.165) is 17.7 Å². The van der Waals surface area contributed by atoms with E-state index in [2.05, 4.69) is 20.6 Å². The monoisotopic (exact) mass is 486 g/mol. The van der Waals surface area contributed by atoms with Crippen molar-refractivity contribution in [2.45, 2.75) is 19.3 Å². The number of rotatable bonds is 4. The van der Waals surface area contributed by atoms with E-state index in [1.807, 2.05) is 6.92 Å². The van der Waals surface area contributed by atoms with Gasteiger partial charge in [0.1, 0.15) is 5.82 Å². The normalized spacial score (nSPS) is 11.1. The van der Waals surface area contributed by atoms with E-state index < -0.39 is 29.8 Å². The van der Waals surface area contributed by atoms with Gasteiger partial charge in [-0.2, -0.15) is 26.3 Å². The number of nitrogens with one attached hydrogen (secondary N) is 2. The molecule has 180 valence electrons. The van der Waals surface area contributed by atoms with E-state index in [1.54, 1.807) is 18.2 Å². The first-order valence-electron chi connectivity index (χ1n) is 9.20. The highest BCUT2D eigenvalue weighted by Gasteiger charge is 2.38. The summed E-state index contributed by atoms with van der Waals surface area (Å²) in [5.41, 5.74) is 1.06. The summed E-state index contributed by atoms with van der Waals surface area (Å²) in [4.78, 5) is 29.4. The lowest BCUT2D eigenvalue weighted by molar-refractivity contribution is -0.192. The number of hydrogen-bond donors (Lipinski definition) is 3. The number of carboxylic acids is 1. The second kappa shape index (κ2) is 10.6. The van der Waals surface area contributed by atoms with Crippen molar-refractivity contribution in [3.63, 3.8) is 0 Å². The molecule has 3 rings (SSSR count). The largest absolute Gasteiger partial charge is 0.490 e. The molecule has 0 fully saturated rings. The number of benzene rings is 2. The summed E-state index contributed by atoms with van der Waals surface area (Å²) in [6.45, 7) is 1.85. The van der Waals surface area contributed by atoms with Gasteiger partial charge in [0.25, 0.3) is 5.91 Å². The molecular weight excluding hydrogens is 470 g/mol. The Morgan fingerprint density at radius 3 is 2.21 bits per heavy atom. The third-order valence-corrected chi connectivity index (χ3v) is 4.02. The van der Waals surface area contributed by atoms with Crippen LogP contribution in [0.5, 0.6) is 0 Å². The number of aliphatic carboxylic acids is 1. The number of hydrogen-bond acceptors (Lipinski definition) is 5. The topological polar surface area (TPSA) is 104 Å². The number of aromatic nitrogens is 2. The summed E-state index contributed by atoms with van der Waals surface area (Å²) < 4.78 is 70.1. The second-order valence-electron chi connectivity index (χ2n) is 6.58. The molecule has 13 heteroatoms. The third-order valence-electron chi connectivity index (χ3n) is 4.02. The Bertz CT molecular complexity index is 1150. The van der Waals surface area contributed by atoms with Gasteiger partial charge in [0.2, 0.25) is 0 Å². The first-order valence-corrected chi connectivity index (χ1v) is 9.20. The Hall–Kier alpha value is -4.16. The number of halogens is 6. The molecule has 1 amide bonds. The lowest BCUT2D eigenvalue weighted by atomic mass is 10.1. The van der Waals surface area contributed by atoms with Gasteiger partial charge in [-0.25, -0.2) is 9.78 Å². The first-order chi connectivity index (χ1) is 15.8. The maximum atomic E-state index is 12.8. The predicted octanol–water partition coefficient (Wildman–Crippen LogP) is 5.43. The van der Waals surface area contributed by atoms with Crippen LogP contribution in [0.3, 0.4) is 0 Å². The molecule has 0 saturated heterocycles. The van der Waals surface area contributed by atoms with E-state index in [9.17, 15) is 31.1 Å². The van der Waals surface area contributed by atoms with Gasteiger partial charge in [-0.3, -0.25) is 9.78 Å². The molecule has 0 unspecified atom stereocenters. The molecule has 0 aliphatic carbocycles. The number of carboxylic acid groups (broad SMARTS) is 1. The lowest BCUT2D eigenvalue weighted by Gasteiger charge is -2.12. The van der Waals surface area contributed by atoms with Crippen LogP contribution in [-0.4, -0.2) is 33.1 Å². The summed E-state index contributed by atoms with van der Waals surface area (Å²) in [6.07, 6.45) is -4.95. The zero-order valence-corrected chi connectivity index (χ0v) is 17.2. The summed E-state index contributed by atoms with van der Waals surface area (Å²) in [6, 6.07) is 9.43. The van der Waals surface area contributed by atoms with Gasteiger partial charge in [0, 0.05) is 29.3 Å². The van der Waals surface area contributed by atoms with Crippen LogP contribution in [0.15, 0.2) is 61.1 Å². The minimum absolute atomic E-state index is 0.0684. The van der Waals surface area contributed by atoms with Crippen LogP contribution >= 0.6 is 0 Å². The number of amides is 1. The lowest BCUT2D eigenvalue weighted by Crippen LogP contribution is -2.21. The Balaban J connectivity index is 0.000000509. The van der Waals surface area contributed by atoms with E-state index >= 15 is 0 Å². The highest BCUT2D eigenvalue weighted by molar-refractivity contribution is 6.05. The zero-order valence-electron chi connectivity index (χ0n) is 17.2. The Kier molecular flexibility index (Phi) is 8.16. The molecule has 0 aliphatic rings. The number of carbonyl (C=O) groups is 2. The minimum atomic E-state index is -5.08. The van der Waals surface area contributed by atoms with Crippen LogP contribution < -0.4 is 10.6 Å². The van der Waals surface area contributed by atoms with E-state index in [4.69, 9.17) is 9.90 Å². The molecule has 2 aromatic carbocycles. The molecule has 1 aromatic heterocycles. The molecule has 1 heterocycles. The van der Waals surface area contributed by atoms with Crippen molar-refractivity contribution in [3.05, 3.63) is 77.7 Å². The van der Waals surface area contributed by atoms with Crippen LogP contribution in [0.4, 0.5) is 43.5 Å². The fraction of sp³-hybridized carbons (Fsp3) is 0.143. The highest BCUT2D eigenvalue weighted by atomic mass is 19.4. The summed E-state index contributed by atoms with van der Waals surface area (Å²) in [5.74, 6) is -2.76. The molecule has 0 atom stereocenters. The molecule has 0 aliphatic heterocycles. The van der Waals surface area contributed by atoms with Gasteiger partial charge in [0.05, 0.1) is 11.8 Å². The van der Waals surface area contributed by atoms with Crippen molar-refractivity contribution in [1.82, 2.24) is 9.97 Å². The van der Waals surface area contributed by atoms with Crippen LogP contribution in [-0.2, 0) is 11.0 Å². The Labute approximate surface area is 188 Å². The summed E-state index contributed by atoms with van der Waals surface area (Å²) in [5, 5.41) is 12.7. The molecule has 3 aromatic rings. The number of aryl methyl sites for hydroxylation is 1. The maximum Gasteiger partial charge on any atom is 0.490 e. The molecule has 0 radical (unpaired) electrons. The quantitative estimate of drug-likeness (QED) is 0.425. The van der Waals surface area contributed by atoms with Crippen molar-refractivity contribution in [2.24, 2.45) is 0 Å². The van der Waals surface area contributed by atoms with E-state index in [0.29, 0.717) is 17.1 Å². The molecular formula is C21H16F6N4O3. The van der Waals surface area contributed by atoms with E-state index in [1.165, 1.54) is 30.7 Å². The average Bonchev–Trinajstić information content (AvgIpc) is 2.75. The average molecular weight is 486 g/mol. The van der Waals surface area contributed by atoms with Crippen molar-refractivity contribution in [2.75, 3.05) is 10.6 Å². The van der Waals surface area contributed by atoms with E-state index in [-0.39, 0.29) is 5.69 Å². The van der Waals surface area contributed by atoms with Crippen LogP contribution in [0, 0.1) is 6.92 Å². The number of alkyl halides is 6.